The van der Waals surface area contributed by atoms with Crippen molar-refractivity contribution in [2.75, 3.05) is 4.90 Å². The molecule has 2 aromatic carbocycles. The monoisotopic (exact) mass is 459 g/mol. The van der Waals surface area contributed by atoms with Crippen molar-refractivity contribution in [1.29, 1.82) is 0 Å². The van der Waals surface area contributed by atoms with E-state index in [-0.39, 0.29) is 11.6 Å². The van der Waals surface area contributed by atoms with E-state index < -0.39 is 23.4 Å². The minimum Gasteiger partial charge on any atom is -0.507 e. The summed E-state index contributed by atoms with van der Waals surface area (Å²) in [4.78, 5) is 26.7. The molecule has 0 atom stereocenters. The number of aromatic amines is 1. The second kappa shape index (κ2) is 8.35. The number of aromatic nitrogens is 2. The number of phenolic OH excluding ortho intramolecular Hbond substituents is 1. The number of nitrogens with zero attached hydrogens (tertiary/aromatic N) is 2. The van der Waals surface area contributed by atoms with Crippen LogP contribution in [0.1, 0.15) is 41.5 Å². The fourth-order valence-corrected chi connectivity index (χ4v) is 3.11. The molecule has 3 aromatic rings. The number of anilines is 1. The lowest BCUT2D eigenvalue weighted by Gasteiger charge is -2.27. The maximum atomic E-state index is 13.0. The van der Waals surface area contributed by atoms with E-state index in [0.717, 1.165) is 4.90 Å². The van der Waals surface area contributed by atoms with E-state index in [1.807, 2.05) is 0 Å². The quantitative estimate of drug-likeness (QED) is 0.468. The van der Waals surface area contributed by atoms with E-state index in [0.29, 0.717) is 27.1 Å². The van der Waals surface area contributed by atoms with Crippen molar-refractivity contribution in [3.63, 3.8) is 0 Å². The Balaban J connectivity index is 2.14. The number of hydrogen-bond acceptors (Lipinski definition) is 6. The predicted molar refractivity (Wildman–Crippen MR) is 123 cm³/mol. The van der Waals surface area contributed by atoms with Gasteiger partial charge >= 0.3 is 12.2 Å². The summed E-state index contributed by atoms with van der Waals surface area (Å²) in [5.74, 6) is 0.0572. The van der Waals surface area contributed by atoms with Gasteiger partial charge in [0.05, 0.1) is 5.52 Å². The molecule has 2 N–H and O–H groups in total. The lowest BCUT2D eigenvalue weighted by molar-refractivity contribution is 0.0429. The third-order valence-electron chi connectivity index (χ3n) is 4.18. The van der Waals surface area contributed by atoms with Gasteiger partial charge in [-0.1, -0.05) is 17.7 Å². The molecule has 3 rings (SSSR count). The van der Waals surface area contributed by atoms with Crippen LogP contribution in [0.5, 0.6) is 5.75 Å². The van der Waals surface area contributed by atoms with Crippen LogP contribution in [0, 0.1) is 0 Å². The largest absolute Gasteiger partial charge is 0.507 e. The van der Waals surface area contributed by atoms with Gasteiger partial charge in [0, 0.05) is 16.0 Å². The number of amides is 2. The summed E-state index contributed by atoms with van der Waals surface area (Å²) in [6.07, 6.45) is -1.84. The number of carbonyl (C=O) groups excluding carboxylic acids is 2. The number of fused-ring (bicyclic) bond motifs is 1. The highest BCUT2D eigenvalue weighted by molar-refractivity contribution is 6.31. The van der Waals surface area contributed by atoms with Crippen LogP contribution in [0.2, 0.25) is 5.02 Å². The van der Waals surface area contributed by atoms with Crippen LogP contribution in [0.25, 0.3) is 22.0 Å². The number of aromatic hydroxyl groups is 1. The summed E-state index contributed by atoms with van der Waals surface area (Å²) >= 11 is 6.09. The Morgan fingerprint density at radius 3 is 2.12 bits per heavy atom. The molecular formula is C23H26ClN3O5. The molecule has 0 aliphatic rings. The molecule has 0 saturated carbocycles. The van der Waals surface area contributed by atoms with E-state index in [2.05, 4.69) is 10.2 Å². The fourth-order valence-electron chi connectivity index (χ4n) is 2.94. The number of hydrogen-bond donors (Lipinski definition) is 2. The van der Waals surface area contributed by atoms with Crippen LogP contribution in [0.4, 0.5) is 15.4 Å². The number of imide groups is 1. The van der Waals surface area contributed by atoms with Gasteiger partial charge in [0.15, 0.2) is 5.82 Å². The van der Waals surface area contributed by atoms with E-state index in [4.69, 9.17) is 21.1 Å². The summed E-state index contributed by atoms with van der Waals surface area (Å²) in [7, 11) is 0. The highest BCUT2D eigenvalue weighted by atomic mass is 35.5. The minimum atomic E-state index is -0.920. The first-order valence-corrected chi connectivity index (χ1v) is 10.4. The van der Waals surface area contributed by atoms with Crippen LogP contribution in [0.3, 0.4) is 0 Å². The van der Waals surface area contributed by atoms with Crippen molar-refractivity contribution in [3.8, 4) is 16.9 Å². The van der Waals surface area contributed by atoms with Crippen LogP contribution in [-0.2, 0) is 9.47 Å². The lowest BCUT2D eigenvalue weighted by atomic mass is 10.0. The topological polar surface area (TPSA) is 105 Å². The molecule has 8 nitrogen and oxygen atoms in total. The van der Waals surface area contributed by atoms with E-state index >= 15 is 0 Å². The average molecular weight is 460 g/mol. The van der Waals surface area contributed by atoms with Crippen LogP contribution >= 0.6 is 11.6 Å². The van der Waals surface area contributed by atoms with Gasteiger partial charge in [-0.3, -0.25) is 5.10 Å². The SMILES string of the molecule is CC(C)(C)OC(=O)N(C(=O)OC(C)(C)C)c1n[nH]c2ccc(-c3cc(Cl)ccc3O)cc12. The number of H-pyrrole nitrogens is 1. The second-order valence-corrected chi connectivity index (χ2v) is 9.70. The minimum absolute atomic E-state index is 0.0202. The molecule has 1 aromatic heterocycles. The third kappa shape index (κ3) is 5.31. The van der Waals surface area contributed by atoms with Crippen molar-refractivity contribution in [3.05, 3.63) is 41.4 Å². The van der Waals surface area contributed by atoms with Gasteiger partial charge in [-0.2, -0.15) is 10.00 Å². The number of ether oxygens (including phenoxy) is 2. The maximum absolute atomic E-state index is 13.0. The molecule has 9 heteroatoms. The predicted octanol–water partition coefficient (Wildman–Crippen LogP) is 6.27. The summed E-state index contributed by atoms with van der Waals surface area (Å²) in [6, 6.07) is 9.88. The number of benzene rings is 2. The second-order valence-electron chi connectivity index (χ2n) is 9.27. The third-order valence-corrected chi connectivity index (χ3v) is 4.41. The van der Waals surface area contributed by atoms with Crippen molar-refractivity contribution >= 4 is 40.5 Å². The first-order chi connectivity index (χ1) is 14.7. The van der Waals surface area contributed by atoms with E-state index in [1.54, 1.807) is 71.9 Å². The molecule has 0 unspecified atom stereocenters. The van der Waals surface area contributed by atoms with Crippen LogP contribution in [0.15, 0.2) is 36.4 Å². The normalized spacial score (nSPS) is 12.0. The Kier molecular flexibility index (Phi) is 6.11. The van der Waals surface area contributed by atoms with Crippen molar-refractivity contribution < 1.29 is 24.2 Å². The number of rotatable bonds is 2. The number of phenols is 1. The molecule has 0 aliphatic carbocycles. The zero-order valence-corrected chi connectivity index (χ0v) is 19.6. The van der Waals surface area contributed by atoms with Crippen molar-refractivity contribution in [1.82, 2.24) is 10.2 Å². The number of halogens is 1. The Morgan fingerprint density at radius 2 is 1.56 bits per heavy atom. The van der Waals surface area contributed by atoms with E-state index in [1.165, 1.54) is 6.07 Å². The van der Waals surface area contributed by atoms with Gasteiger partial charge in [0.1, 0.15) is 17.0 Å². The highest BCUT2D eigenvalue weighted by Crippen LogP contribution is 2.36. The molecule has 0 radical (unpaired) electrons. The van der Waals surface area contributed by atoms with Crippen molar-refractivity contribution in [2.24, 2.45) is 0 Å². The maximum Gasteiger partial charge on any atom is 0.425 e. The number of carbonyl (C=O) groups is 2. The Morgan fingerprint density at radius 1 is 0.969 bits per heavy atom. The molecule has 32 heavy (non-hydrogen) atoms. The van der Waals surface area contributed by atoms with Gasteiger partial charge in [-0.15, -0.1) is 0 Å². The summed E-state index contributed by atoms with van der Waals surface area (Å²) in [5.41, 5.74) is -0.00828. The van der Waals surface area contributed by atoms with Crippen LogP contribution in [-0.4, -0.2) is 38.7 Å². The fraction of sp³-hybridized carbons (Fsp3) is 0.348. The highest BCUT2D eigenvalue weighted by Gasteiger charge is 2.35. The number of nitrogens with one attached hydrogen (secondary N) is 1. The average Bonchev–Trinajstić information content (AvgIpc) is 3.04. The van der Waals surface area contributed by atoms with Gasteiger partial charge in [-0.25, -0.2) is 9.59 Å². The van der Waals surface area contributed by atoms with Crippen LogP contribution < -0.4 is 4.90 Å². The van der Waals surface area contributed by atoms with Gasteiger partial charge < -0.3 is 14.6 Å². The molecule has 1 heterocycles. The summed E-state index contributed by atoms with van der Waals surface area (Å²) in [5, 5.41) is 18.2. The van der Waals surface area contributed by atoms with Crippen molar-refractivity contribution in [2.45, 2.75) is 52.7 Å². The molecular weight excluding hydrogens is 434 g/mol. The standard InChI is InChI=1S/C23H26ClN3O5/c1-22(2,3)31-20(29)27(21(30)32-23(4,5)6)19-16-11-13(7-9-17(16)25-26-19)15-12-14(24)8-10-18(15)28/h7-12,28H,1-6H3,(H,25,26). The Hall–Kier alpha value is -3.26. The summed E-state index contributed by atoms with van der Waals surface area (Å²) in [6.45, 7) is 10.2. The molecule has 170 valence electrons. The Bertz CT molecular complexity index is 1150. The summed E-state index contributed by atoms with van der Waals surface area (Å²) < 4.78 is 10.9. The van der Waals surface area contributed by atoms with Gasteiger partial charge in [-0.05, 0) is 77.4 Å². The molecule has 0 spiro atoms. The van der Waals surface area contributed by atoms with Gasteiger partial charge in [0.25, 0.3) is 0 Å². The molecule has 0 bridgehead atoms. The first kappa shape index (κ1) is 23.4. The molecule has 2 amide bonds. The molecule has 0 fully saturated rings. The van der Waals surface area contributed by atoms with Gasteiger partial charge in [0.2, 0.25) is 0 Å². The smallest absolute Gasteiger partial charge is 0.425 e. The van der Waals surface area contributed by atoms with E-state index in [9.17, 15) is 14.7 Å². The lowest BCUT2D eigenvalue weighted by Crippen LogP contribution is -2.44. The first-order valence-electron chi connectivity index (χ1n) is 9.98. The Labute approximate surface area is 191 Å². The molecule has 0 saturated heterocycles. The molecule has 0 aliphatic heterocycles. The zero-order valence-electron chi connectivity index (χ0n) is 18.8. The zero-order chi connectivity index (χ0) is 23.8.